The van der Waals surface area contributed by atoms with E-state index in [4.69, 9.17) is 0 Å². The first-order chi connectivity index (χ1) is 10.3. The number of nitrogens with zero attached hydrogens (tertiary/aromatic N) is 1. The van der Waals surface area contributed by atoms with Gasteiger partial charge in [-0.1, -0.05) is 0 Å². The maximum absolute atomic E-state index is 11.8. The highest BCUT2D eigenvalue weighted by molar-refractivity contribution is 7.92. The van der Waals surface area contributed by atoms with E-state index in [0.717, 1.165) is 17.0 Å². The summed E-state index contributed by atoms with van der Waals surface area (Å²) in [6, 6.07) is 6.38. The van der Waals surface area contributed by atoms with Crippen LogP contribution in [0.2, 0.25) is 0 Å². The molecule has 1 heterocycles. The van der Waals surface area contributed by atoms with Gasteiger partial charge in [0.05, 0.1) is 17.0 Å². The summed E-state index contributed by atoms with van der Waals surface area (Å²) in [5.41, 5.74) is 1.75. The van der Waals surface area contributed by atoms with E-state index in [1.165, 1.54) is 17.4 Å². The second-order valence-corrected chi connectivity index (χ2v) is 7.38. The van der Waals surface area contributed by atoms with Gasteiger partial charge < -0.3 is 5.32 Å². The molecule has 1 aromatic carbocycles. The molecule has 1 aromatic heterocycles. The van der Waals surface area contributed by atoms with Crippen LogP contribution in [0.25, 0.3) is 6.08 Å². The van der Waals surface area contributed by atoms with Crippen LogP contribution in [-0.2, 0) is 14.8 Å². The van der Waals surface area contributed by atoms with E-state index in [1.807, 2.05) is 12.3 Å². The minimum absolute atomic E-state index is 0.283. The number of hydrogen-bond donors (Lipinski definition) is 2. The van der Waals surface area contributed by atoms with Crippen LogP contribution in [0.4, 0.5) is 11.4 Å². The molecule has 1 amide bonds. The van der Waals surface area contributed by atoms with Gasteiger partial charge in [0.2, 0.25) is 15.9 Å². The number of nitrogens with one attached hydrogen (secondary N) is 2. The Bertz CT molecular complexity index is 793. The van der Waals surface area contributed by atoms with Gasteiger partial charge >= 0.3 is 0 Å². The largest absolute Gasteiger partial charge is 0.323 e. The number of rotatable bonds is 5. The molecule has 22 heavy (non-hydrogen) atoms. The van der Waals surface area contributed by atoms with Crippen LogP contribution >= 0.6 is 11.3 Å². The quantitative estimate of drug-likeness (QED) is 0.821. The molecule has 2 N–H and O–H groups in total. The summed E-state index contributed by atoms with van der Waals surface area (Å²) >= 11 is 1.52. The van der Waals surface area contributed by atoms with E-state index >= 15 is 0 Å². The summed E-state index contributed by atoms with van der Waals surface area (Å²) in [6.07, 6.45) is 4.11. The Morgan fingerprint density at radius 3 is 2.41 bits per heavy atom. The fraction of sp³-hybridized carbons (Fsp3) is 0.143. The van der Waals surface area contributed by atoms with Crippen LogP contribution < -0.4 is 10.0 Å². The summed E-state index contributed by atoms with van der Waals surface area (Å²) in [5.74, 6) is -0.283. The summed E-state index contributed by atoms with van der Waals surface area (Å²) in [5, 5.41) is 5.49. The molecule has 0 atom stereocenters. The number of aromatic nitrogens is 1. The van der Waals surface area contributed by atoms with Gasteiger partial charge in [-0.25, -0.2) is 13.4 Å². The molecule has 116 valence electrons. The normalized spacial score (nSPS) is 11.5. The molecule has 8 heteroatoms. The lowest BCUT2D eigenvalue weighted by molar-refractivity contribution is -0.111. The third-order valence-corrected chi connectivity index (χ3v) is 3.90. The van der Waals surface area contributed by atoms with Crippen LogP contribution in [-0.4, -0.2) is 25.6 Å². The van der Waals surface area contributed by atoms with Crippen molar-refractivity contribution in [1.29, 1.82) is 0 Å². The number of carbonyl (C=O) groups excluding carboxylic acids is 1. The molecular formula is C14H15N3O3S2. The first kappa shape index (κ1) is 16.2. The topological polar surface area (TPSA) is 88.2 Å². The van der Waals surface area contributed by atoms with Crippen LogP contribution in [0, 0.1) is 6.92 Å². The molecule has 6 nitrogen and oxygen atoms in total. The number of sulfonamides is 1. The van der Waals surface area contributed by atoms with E-state index in [0.29, 0.717) is 11.4 Å². The average Bonchev–Trinajstić information content (AvgIpc) is 2.83. The highest BCUT2D eigenvalue weighted by Crippen LogP contribution is 2.15. The summed E-state index contributed by atoms with van der Waals surface area (Å²) in [7, 11) is -3.30. The first-order valence-corrected chi connectivity index (χ1v) is 9.08. The molecular weight excluding hydrogens is 322 g/mol. The zero-order valence-electron chi connectivity index (χ0n) is 12.0. The van der Waals surface area contributed by atoms with Crippen LogP contribution in [0.5, 0.6) is 0 Å². The van der Waals surface area contributed by atoms with Crippen molar-refractivity contribution in [2.75, 3.05) is 16.3 Å². The van der Waals surface area contributed by atoms with E-state index in [1.54, 1.807) is 30.3 Å². The highest BCUT2D eigenvalue weighted by atomic mass is 32.2. The molecule has 2 rings (SSSR count). The Balaban J connectivity index is 1.95. The van der Waals surface area contributed by atoms with Crippen LogP contribution in [0.15, 0.2) is 35.7 Å². The molecule has 2 aromatic rings. The summed E-state index contributed by atoms with van der Waals surface area (Å²) < 4.78 is 24.5. The number of benzene rings is 1. The van der Waals surface area contributed by atoms with E-state index in [9.17, 15) is 13.2 Å². The van der Waals surface area contributed by atoms with E-state index < -0.39 is 10.0 Å². The minimum atomic E-state index is -3.30. The van der Waals surface area contributed by atoms with Crippen molar-refractivity contribution in [3.05, 3.63) is 46.4 Å². The Morgan fingerprint density at radius 2 is 1.86 bits per heavy atom. The smallest absolute Gasteiger partial charge is 0.248 e. The molecule has 0 saturated carbocycles. The molecule has 0 unspecified atom stereocenters. The van der Waals surface area contributed by atoms with Gasteiger partial charge in [0.25, 0.3) is 0 Å². The van der Waals surface area contributed by atoms with Crippen molar-refractivity contribution in [2.24, 2.45) is 0 Å². The summed E-state index contributed by atoms with van der Waals surface area (Å²) in [4.78, 5) is 16.0. The zero-order valence-corrected chi connectivity index (χ0v) is 13.7. The Hall–Kier alpha value is -2.19. The van der Waals surface area contributed by atoms with Crippen LogP contribution in [0.3, 0.4) is 0 Å². The van der Waals surface area contributed by atoms with Crippen molar-refractivity contribution >= 4 is 44.7 Å². The van der Waals surface area contributed by atoms with Gasteiger partial charge in [-0.15, -0.1) is 11.3 Å². The molecule has 0 saturated heterocycles. The molecule has 0 bridgehead atoms. The molecule has 0 radical (unpaired) electrons. The van der Waals surface area contributed by atoms with Crippen molar-refractivity contribution < 1.29 is 13.2 Å². The van der Waals surface area contributed by atoms with Crippen LogP contribution in [0.1, 0.15) is 10.7 Å². The third kappa shape index (κ3) is 5.30. The van der Waals surface area contributed by atoms with Crippen molar-refractivity contribution in [3.63, 3.8) is 0 Å². The number of hydrogen-bond acceptors (Lipinski definition) is 5. The number of amides is 1. The highest BCUT2D eigenvalue weighted by Gasteiger charge is 2.03. The molecule has 0 aliphatic carbocycles. The Morgan fingerprint density at radius 1 is 1.23 bits per heavy atom. The van der Waals surface area contributed by atoms with Crippen molar-refractivity contribution in [1.82, 2.24) is 4.98 Å². The van der Waals surface area contributed by atoms with Gasteiger partial charge in [-0.05, 0) is 37.3 Å². The Kier molecular flexibility index (Phi) is 4.94. The zero-order chi connectivity index (χ0) is 16.2. The predicted molar refractivity (Wildman–Crippen MR) is 89.4 cm³/mol. The minimum Gasteiger partial charge on any atom is -0.323 e. The maximum Gasteiger partial charge on any atom is 0.248 e. The average molecular weight is 337 g/mol. The van der Waals surface area contributed by atoms with Crippen molar-refractivity contribution in [3.8, 4) is 0 Å². The van der Waals surface area contributed by atoms with E-state index in [-0.39, 0.29) is 5.91 Å². The SMILES string of the molecule is Cc1nc(/C=C/C(=O)Nc2ccc(NS(C)(=O)=O)cc2)cs1. The van der Waals surface area contributed by atoms with Crippen molar-refractivity contribution in [2.45, 2.75) is 6.92 Å². The van der Waals surface area contributed by atoms with E-state index in [2.05, 4.69) is 15.0 Å². The third-order valence-electron chi connectivity index (χ3n) is 2.50. The molecule has 0 fully saturated rings. The maximum atomic E-state index is 11.8. The predicted octanol–water partition coefficient (Wildman–Crippen LogP) is 2.47. The van der Waals surface area contributed by atoms with Gasteiger partial charge in [-0.2, -0.15) is 0 Å². The van der Waals surface area contributed by atoms with Gasteiger partial charge in [0.1, 0.15) is 0 Å². The second kappa shape index (κ2) is 6.71. The van der Waals surface area contributed by atoms with Gasteiger partial charge in [0.15, 0.2) is 0 Å². The second-order valence-electron chi connectivity index (χ2n) is 4.57. The lowest BCUT2D eigenvalue weighted by atomic mass is 10.3. The van der Waals surface area contributed by atoms with Gasteiger partial charge in [0, 0.05) is 22.8 Å². The molecule has 0 aliphatic rings. The monoisotopic (exact) mass is 337 g/mol. The molecule has 0 aliphatic heterocycles. The number of thiazole rings is 1. The van der Waals surface area contributed by atoms with Gasteiger partial charge in [-0.3, -0.25) is 9.52 Å². The summed E-state index contributed by atoms with van der Waals surface area (Å²) in [6.45, 7) is 1.90. The lowest BCUT2D eigenvalue weighted by Gasteiger charge is -2.05. The fourth-order valence-electron chi connectivity index (χ4n) is 1.64. The lowest BCUT2D eigenvalue weighted by Crippen LogP contribution is -2.10. The number of carbonyl (C=O) groups is 1. The number of anilines is 2. The first-order valence-electron chi connectivity index (χ1n) is 6.31. The standard InChI is InChI=1S/C14H15N3O3S2/c1-10-15-13(9-21-10)7-8-14(18)16-11-3-5-12(6-4-11)17-22(2,19)20/h3-9,17H,1-2H3,(H,16,18)/b8-7+. The Labute approximate surface area is 133 Å². The molecule has 0 spiro atoms. The number of aryl methyl sites for hydroxylation is 1. The fourth-order valence-corrected chi connectivity index (χ4v) is 2.78.